The van der Waals surface area contributed by atoms with Crippen LogP contribution in [0.2, 0.25) is 0 Å². The van der Waals surface area contributed by atoms with E-state index in [1.54, 1.807) is 13.0 Å². The Morgan fingerprint density at radius 1 is 1.33 bits per heavy atom. The second-order valence-electron chi connectivity index (χ2n) is 4.17. The average Bonchev–Trinajstić information content (AvgIpc) is 2.29. The van der Waals surface area contributed by atoms with Crippen molar-refractivity contribution in [3.63, 3.8) is 0 Å². The summed E-state index contributed by atoms with van der Waals surface area (Å²) in [5.74, 6) is -1.18. The van der Waals surface area contributed by atoms with Crippen molar-refractivity contribution in [2.24, 2.45) is 0 Å². The molecular weight excluding hydrogens is 254 g/mol. The van der Waals surface area contributed by atoms with Crippen LogP contribution in [0.4, 0.5) is 0 Å². The molecule has 0 radical (unpaired) electrons. The van der Waals surface area contributed by atoms with Gasteiger partial charge in [-0.1, -0.05) is 13.0 Å². The lowest BCUT2D eigenvalue weighted by atomic mass is 10.1. The highest BCUT2D eigenvalue weighted by atomic mass is 32.2. The second-order valence-corrected chi connectivity index (χ2v) is 5.88. The minimum absolute atomic E-state index is 0.0882. The van der Waals surface area contributed by atoms with Crippen LogP contribution in [0.3, 0.4) is 0 Å². The fourth-order valence-electron chi connectivity index (χ4n) is 1.44. The van der Waals surface area contributed by atoms with Crippen molar-refractivity contribution >= 4 is 16.0 Å². The zero-order valence-electron chi connectivity index (χ0n) is 10.6. The van der Waals surface area contributed by atoms with Crippen LogP contribution < -0.4 is 4.72 Å². The van der Waals surface area contributed by atoms with Crippen LogP contribution in [0, 0.1) is 13.8 Å². The van der Waals surface area contributed by atoms with Gasteiger partial charge in [0.15, 0.2) is 0 Å². The standard InChI is InChI=1S/C12H17NO4S/c1-4-11(12(14)15)13-18(16,17)10-6-5-8(2)9(3)7-10/h5-7,11,13H,4H2,1-3H3,(H,14,15)/t11-/m1/s1. The van der Waals surface area contributed by atoms with Crippen LogP contribution in [-0.4, -0.2) is 25.5 Å². The number of rotatable bonds is 5. The molecule has 0 unspecified atom stereocenters. The third-order valence-corrected chi connectivity index (χ3v) is 4.26. The summed E-state index contributed by atoms with van der Waals surface area (Å²) in [4.78, 5) is 10.9. The average molecular weight is 271 g/mol. The van der Waals surface area contributed by atoms with Gasteiger partial charge in [0.05, 0.1) is 4.90 Å². The Bertz CT molecular complexity index is 551. The molecule has 0 spiro atoms. The minimum atomic E-state index is -3.79. The number of aryl methyl sites for hydroxylation is 2. The molecule has 18 heavy (non-hydrogen) atoms. The quantitative estimate of drug-likeness (QED) is 0.849. The van der Waals surface area contributed by atoms with E-state index < -0.39 is 22.0 Å². The van der Waals surface area contributed by atoms with Gasteiger partial charge in [-0.2, -0.15) is 4.72 Å². The number of sulfonamides is 1. The lowest BCUT2D eigenvalue weighted by Crippen LogP contribution is -2.40. The number of hydrogen-bond acceptors (Lipinski definition) is 3. The number of hydrogen-bond donors (Lipinski definition) is 2. The first-order valence-corrected chi connectivity index (χ1v) is 7.08. The molecule has 0 heterocycles. The van der Waals surface area contributed by atoms with E-state index in [0.717, 1.165) is 11.1 Å². The molecule has 0 aromatic heterocycles. The van der Waals surface area contributed by atoms with Crippen LogP contribution in [-0.2, 0) is 14.8 Å². The Hall–Kier alpha value is -1.40. The first-order chi connectivity index (χ1) is 8.27. The van der Waals surface area contributed by atoms with Crippen LogP contribution in [0.25, 0.3) is 0 Å². The van der Waals surface area contributed by atoms with Gasteiger partial charge >= 0.3 is 5.97 Å². The summed E-state index contributed by atoms with van der Waals surface area (Å²) in [6.07, 6.45) is 0.194. The normalized spacial score (nSPS) is 13.3. The number of carboxylic acid groups (broad SMARTS) is 1. The molecule has 1 atom stereocenters. The van der Waals surface area contributed by atoms with Crippen LogP contribution in [0.5, 0.6) is 0 Å². The maximum atomic E-state index is 12.0. The van der Waals surface area contributed by atoms with Gasteiger partial charge in [-0.25, -0.2) is 8.42 Å². The summed E-state index contributed by atoms with van der Waals surface area (Å²) in [7, 11) is -3.79. The zero-order valence-corrected chi connectivity index (χ0v) is 11.4. The van der Waals surface area contributed by atoms with Gasteiger partial charge in [-0.15, -0.1) is 0 Å². The smallest absolute Gasteiger partial charge is 0.321 e. The highest BCUT2D eigenvalue weighted by molar-refractivity contribution is 7.89. The molecule has 2 N–H and O–H groups in total. The summed E-state index contributed by atoms with van der Waals surface area (Å²) in [6.45, 7) is 5.30. The van der Waals surface area contributed by atoms with E-state index in [0.29, 0.717) is 0 Å². The molecule has 1 aromatic carbocycles. The Balaban J connectivity index is 3.06. The molecule has 0 fully saturated rings. The fourth-order valence-corrected chi connectivity index (χ4v) is 2.80. The predicted octanol–water partition coefficient (Wildman–Crippen LogP) is 1.44. The van der Waals surface area contributed by atoms with Crippen molar-refractivity contribution in [1.82, 2.24) is 4.72 Å². The summed E-state index contributed by atoms with van der Waals surface area (Å²) >= 11 is 0. The first-order valence-electron chi connectivity index (χ1n) is 5.60. The summed E-state index contributed by atoms with van der Waals surface area (Å²) in [6, 6.07) is 3.61. The molecular formula is C12H17NO4S. The zero-order chi connectivity index (χ0) is 13.9. The third-order valence-electron chi connectivity index (χ3n) is 2.79. The minimum Gasteiger partial charge on any atom is -0.480 e. The van der Waals surface area contributed by atoms with Crippen molar-refractivity contribution in [2.45, 2.75) is 38.1 Å². The molecule has 0 amide bonds. The number of benzene rings is 1. The third kappa shape index (κ3) is 3.30. The SMILES string of the molecule is CC[C@@H](NS(=O)(=O)c1ccc(C)c(C)c1)C(=O)O. The molecule has 0 aliphatic heterocycles. The van der Waals surface area contributed by atoms with Crippen molar-refractivity contribution in [2.75, 3.05) is 0 Å². The van der Waals surface area contributed by atoms with Crippen LogP contribution in [0.15, 0.2) is 23.1 Å². The molecule has 0 saturated heterocycles. The van der Waals surface area contributed by atoms with Gasteiger partial charge in [0, 0.05) is 0 Å². The number of carboxylic acids is 1. The van der Waals surface area contributed by atoms with Gasteiger partial charge < -0.3 is 5.11 Å². The monoisotopic (exact) mass is 271 g/mol. The molecule has 0 aliphatic rings. The first kappa shape index (κ1) is 14.7. The molecule has 6 heteroatoms. The van der Waals surface area contributed by atoms with E-state index in [2.05, 4.69) is 4.72 Å². The lowest BCUT2D eigenvalue weighted by molar-refractivity contribution is -0.139. The largest absolute Gasteiger partial charge is 0.480 e. The van der Waals surface area contributed by atoms with E-state index in [1.165, 1.54) is 12.1 Å². The maximum Gasteiger partial charge on any atom is 0.321 e. The summed E-state index contributed by atoms with van der Waals surface area (Å²) < 4.78 is 26.2. The lowest BCUT2D eigenvalue weighted by Gasteiger charge is -2.13. The molecule has 1 rings (SSSR count). The van der Waals surface area contributed by atoms with E-state index in [9.17, 15) is 13.2 Å². The molecule has 5 nitrogen and oxygen atoms in total. The van der Waals surface area contributed by atoms with Crippen molar-refractivity contribution in [3.05, 3.63) is 29.3 Å². The van der Waals surface area contributed by atoms with Gasteiger partial charge in [0.2, 0.25) is 10.0 Å². The number of nitrogens with one attached hydrogen (secondary N) is 1. The van der Waals surface area contributed by atoms with Crippen LogP contribution in [0.1, 0.15) is 24.5 Å². The van der Waals surface area contributed by atoms with E-state index in [1.807, 2.05) is 13.8 Å². The molecule has 0 bridgehead atoms. The number of carbonyl (C=O) groups is 1. The Kier molecular flexibility index (Phi) is 4.48. The Morgan fingerprint density at radius 3 is 2.39 bits per heavy atom. The highest BCUT2D eigenvalue weighted by Gasteiger charge is 2.23. The molecule has 100 valence electrons. The van der Waals surface area contributed by atoms with Crippen molar-refractivity contribution in [3.8, 4) is 0 Å². The van der Waals surface area contributed by atoms with Gasteiger partial charge in [-0.05, 0) is 43.5 Å². The molecule has 1 aromatic rings. The Morgan fingerprint density at radius 2 is 1.94 bits per heavy atom. The summed E-state index contributed by atoms with van der Waals surface area (Å²) in [5.41, 5.74) is 1.83. The van der Waals surface area contributed by atoms with Crippen LogP contribution >= 0.6 is 0 Å². The van der Waals surface area contributed by atoms with Gasteiger partial charge in [-0.3, -0.25) is 4.79 Å². The maximum absolute atomic E-state index is 12.0. The van der Waals surface area contributed by atoms with E-state index in [4.69, 9.17) is 5.11 Å². The molecule has 0 saturated carbocycles. The van der Waals surface area contributed by atoms with E-state index >= 15 is 0 Å². The highest BCUT2D eigenvalue weighted by Crippen LogP contribution is 2.15. The molecule has 0 aliphatic carbocycles. The van der Waals surface area contributed by atoms with E-state index in [-0.39, 0.29) is 11.3 Å². The van der Waals surface area contributed by atoms with Crippen molar-refractivity contribution < 1.29 is 18.3 Å². The second kappa shape index (κ2) is 5.49. The van der Waals surface area contributed by atoms with Crippen molar-refractivity contribution in [1.29, 1.82) is 0 Å². The summed E-state index contributed by atoms with van der Waals surface area (Å²) in [5, 5.41) is 8.86. The predicted molar refractivity (Wildman–Crippen MR) is 68.0 cm³/mol. The topological polar surface area (TPSA) is 83.5 Å². The Labute approximate surface area is 107 Å². The fraction of sp³-hybridized carbons (Fsp3) is 0.417. The number of aliphatic carboxylic acids is 1. The van der Waals surface area contributed by atoms with Gasteiger partial charge in [0.1, 0.15) is 6.04 Å². The van der Waals surface area contributed by atoms with Gasteiger partial charge in [0.25, 0.3) is 0 Å².